The zero-order valence-electron chi connectivity index (χ0n) is 5.79. The Morgan fingerprint density at radius 2 is 1.83 bits per heavy atom. The van der Waals surface area contributed by atoms with Crippen LogP contribution in [-0.4, -0.2) is 17.7 Å². The lowest BCUT2D eigenvalue weighted by atomic mass is 10.4. The molecule has 0 fully saturated rings. The highest BCUT2D eigenvalue weighted by Gasteiger charge is 2.24. The molecule has 0 amide bonds. The molecule has 1 aliphatic heterocycles. The monoisotopic (exact) mass is 205 g/mol. The van der Waals surface area contributed by atoms with E-state index in [4.69, 9.17) is 38.0 Å². The summed E-state index contributed by atoms with van der Waals surface area (Å²) in [5.74, 6) is 1.56. The molecule has 1 heterocycles. The number of halogens is 2. The van der Waals surface area contributed by atoms with E-state index in [9.17, 15) is 0 Å². The summed E-state index contributed by atoms with van der Waals surface area (Å²) in [6, 6.07) is 3.40. The van der Waals surface area contributed by atoms with Crippen molar-refractivity contribution in [3.8, 4) is 11.5 Å². The largest absolute Gasteiger partial charge is 0.482 e. The van der Waals surface area contributed by atoms with E-state index in [0.29, 0.717) is 10.0 Å². The minimum atomic E-state index is 0. The van der Waals surface area contributed by atoms with Crippen LogP contribution in [0.2, 0.25) is 10.0 Å². The molecule has 2 rings (SSSR count). The quantitative estimate of drug-likeness (QED) is 0.508. The van der Waals surface area contributed by atoms with Crippen molar-refractivity contribution in [3.63, 3.8) is 0 Å². The lowest BCUT2D eigenvalue weighted by molar-refractivity contribution is 0.448. The van der Waals surface area contributed by atoms with E-state index >= 15 is 0 Å². The number of rotatable bonds is 0. The normalized spacial score (nSPS) is 10.3. The number of ether oxygens (including phenoxy) is 1. The maximum atomic E-state index is 7.00. The summed E-state index contributed by atoms with van der Waals surface area (Å²) in [5.41, 5.74) is 0. The Labute approximate surface area is 79.8 Å². The van der Waals surface area contributed by atoms with Crippen LogP contribution in [-0.2, 0) is 0 Å². The van der Waals surface area contributed by atoms with Crippen molar-refractivity contribution >= 4 is 30.9 Å². The van der Waals surface area contributed by atoms with Gasteiger partial charge in [0.2, 0.25) is 0 Å². The van der Waals surface area contributed by atoms with Crippen molar-refractivity contribution in [1.82, 2.24) is 0 Å². The first-order valence-electron chi connectivity index (χ1n) is 2.96. The van der Waals surface area contributed by atoms with Crippen molar-refractivity contribution in [2.45, 2.75) is 0 Å². The molecule has 0 bridgehead atoms. The predicted molar refractivity (Wildman–Crippen MR) is 46.7 cm³/mol. The summed E-state index contributed by atoms with van der Waals surface area (Å²) >= 11 is 11.3. The van der Waals surface area contributed by atoms with Gasteiger partial charge in [-0.05, 0) is 6.07 Å². The molecule has 3 nitrogen and oxygen atoms in total. The van der Waals surface area contributed by atoms with Crippen LogP contribution in [0.25, 0.3) is 0 Å². The van der Waals surface area contributed by atoms with E-state index < -0.39 is 0 Å². The molecule has 0 aromatic heterocycles. The highest BCUT2D eigenvalue weighted by Crippen LogP contribution is 2.51. The molecule has 1 aromatic carbocycles. The van der Waals surface area contributed by atoms with Crippen molar-refractivity contribution in [2.24, 2.45) is 0 Å². The minimum absolute atomic E-state index is 0. The van der Waals surface area contributed by atoms with Crippen molar-refractivity contribution in [3.05, 3.63) is 22.2 Å². The maximum Gasteiger partial charge on any atom is 0.482 e. The Morgan fingerprint density at radius 1 is 1.25 bits per heavy atom. The molecular formula is C6H4BCl2O3. The van der Waals surface area contributed by atoms with Gasteiger partial charge < -0.3 is 14.8 Å². The molecule has 0 aliphatic carbocycles. The van der Waals surface area contributed by atoms with Crippen LogP contribution in [0.3, 0.4) is 0 Å². The van der Waals surface area contributed by atoms with Gasteiger partial charge in [0.1, 0.15) is 0 Å². The van der Waals surface area contributed by atoms with Gasteiger partial charge in [0.05, 0.1) is 5.02 Å². The fraction of sp³-hybridized carbons (Fsp3) is 0. The van der Waals surface area contributed by atoms with Crippen LogP contribution >= 0.6 is 23.2 Å². The molecule has 1 aromatic rings. The van der Waals surface area contributed by atoms with Gasteiger partial charge in [-0.15, -0.1) is 0 Å². The van der Waals surface area contributed by atoms with Crippen LogP contribution in [0.5, 0.6) is 11.5 Å². The lowest BCUT2D eigenvalue weighted by Crippen LogP contribution is -1.75. The SMILES string of the molecule is Clc1cc(Cl)c2c(c1)O2.O[B]O. The smallest absolute Gasteiger partial charge is 0.448 e. The zero-order valence-corrected chi connectivity index (χ0v) is 7.30. The second-order valence-corrected chi connectivity index (χ2v) is 2.78. The Balaban J connectivity index is 0.000000213. The first-order valence-corrected chi connectivity index (χ1v) is 3.71. The van der Waals surface area contributed by atoms with E-state index in [0.717, 1.165) is 11.5 Å². The van der Waals surface area contributed by atoms with Crippen LogP contribution < -0.4 is 4.74 Å². The van der Waals surface area contributed by atoms with Crippen molar-refractivity contribution < 1.29 is 14.8 Å². The van der Waals surface area contributed by atoms with E-state index in [1.54, 1.807) is 12.1 Å². The van der Waals surface area contributed by atoms with Gasteiger partial charge in [-0.2, -0.15) is 0 Å². The highest BCUT2D eigenvalue weighted by atomic mass is 35.5. The predicted octanol–water partition coefficient (Wildman–Crippen LogP) is 1.60. The van der Waals surface area contributed by atoms with Crippen molar-refractivity contribution in [1.29, 1.82) is 0 Å². The Morgan fingerprint density at radius 3 is 2.33 bits per heavy atom. The van der Waals surface area contributed by atoms with E-state index in [1.165, 1.54) is 0 Å². The Hall–Kier alpha value is -0.415. The molecule has 0 unspecified atom stereocenters. The topological polar surface area (TPSA) is 53.0 Å². The molecule has 63 valence electrons. The average molecular weight is 206 g/mol. The summed E-state index contributed by atoms with van der Waals surface area (Å²) in [5, 5.41) is 15.2. The van der Waals surface area contributed by atoms with Gasteiger partial charge in [-0.1, -0.05) is 23.2 Å². The zero-order chi connectivity index (χ0) is 9.14. The lowest BCUT2D eigenvalue weighted by Gasteiger charge is -1.81. The Bertz CT molecular complexity index is 292. The van der Waals surface area contributed by atoms with E-state index in [1.807, 2.05) is 0 Å². The van der Waals surface area contributed by atoms with Gasteiger partial charge in [0.15, 0.2) is 11.5 Å². The summed E-state index contributed by atoms with van der Waals surface area (Å²) < 4.78 is 4.93. The minimum Gasteiger partial charge on any atom is -0.448 e. The number of benzene rings is 1. The second kappa shape index (κ2) is 4.00. The van der Waals surface area contributed by atoms with Crippen molar-refractivity contribution in [2.75, 3.05) is 0 Å². The third-order valence-corrected chi connectivity index (χ3v) is 1.64. The van der Waals surface area contributed by atoms with Crippen LogP contribution in [0.4, 0.5) is 0 Å². The molecular weight excluding hydrogens is 202 g/mol. The van der Waals surface area contributed by atoms with Crippen LogP contribution in [0, 0.1) is 0 Å². The molecule has 0 atom stereocenters. The summed E-state index contributed by atoms with van der Waals surface area (Å²) in [6.07, 6.45) is 0. The number of hydrogen-bond donors (Lipinski definition) is 2. The summed E-state index contributed by atoms with van der Waals surface area (Å²) in [7, 11) is 0. The summed E-state index contributed by atoms with van der Waals surface area (Å²) in [6.45, 7) is 0. The maximum absolute atomic E-state index is 7.00. The Kier molecular flexibility index (Phi) is 3.23. The van der Waals surface area contributed by atoms with Gasteiger partial charge in [-0.3, -0.25) is 0 Å². The summed E-state index contributed by atoms with van der Waals surface area (Å²) in [4.78, 5) is 0. The standard InChI is InChI=1S/C6H2Cl2O.BH2O2/c7-3-1-4(8)6-5(2-3)9-6;2-1-3/h1-2H;2-3H. The molecule has 12 heavy (non-hydrogen) atoms. The van der Waals surface area contributed by atoms with Gasteiger partial charge in [-0.25, -0.2) is 0 Å². The highest BCUT2D eigenvalue weighted by molar-refractivity contribution is 6.36. The molecule has 0 saturated heterocycles. The molecule has 0 spiro atoms. The fourth-order valence-corrected chi connectivity index (χ4v) is 1.21. The van der Waals surface area contributed by atoms with Gasteiger partial charge in [0, 0.05) is 11.1 Å². The van der Waals surface area contributed by atoms with Crippen LogP contribution in [0.15, 0.2) is 12.1 Å². The fourth-order valence-electron chi connectivity index (χ4n) is 0.699. The second-order valence-electron chi connectivity index (χ2n) is 1.93. The molecule has 2 N–H and O–H groups in total. The first kappa shape index (κ1) is 9.67. The molecule has 0 saturated carbocycles. The number of hydrogen-bond acceptors (Lipinski definition) is 3. The van der Waals surface area contributed by atoms with Crippen LogP contribution in [0.1, 0.15) is 0 Å². The van der Waals surface area contributed by atoms with E-state index in [2.05, 4.69) is 0 Å². The average Bonchev–Trinajstić information content (AvgIpc) is 2.67. The molecule has 6 heteroatoms. The van der Waals surface area contributed by atoms with Gasteiger partial charge in [0.25, 0.3) is 0 Å². The van der Waals surface area contributed by atoms with Gasteiger partial charge >= 0.3 is 7.69 Å². The third kappa shape index (κ3) is 2.28. The number of fused-ring (bicyclic) bond motifs is 1. The third-order valence-electron chi connectivity index (χ3n) is 1.14. The molecule has 1 radical (unpaired) electrons. The first-order chi connectivity index (χ1) is 5.69. The van der Waals surface area contributed by atoms with E-state index in [-0.39, 0.29) is 7.69 Å². The molecule has 1 aliphatic rings.